The lowest BCUT2D eigenvalue weighted by molar-refractivity contribution is -0.150. The first-order valence-electron chi connectivity index (χ1n) is 10.4. The average molecular weight is 385 g/mol. The molecule has 150 valence electrons. The van der Waals surface area contributed by atoms with Gasteiger partial charge in [-0.05, 0) is 44.4 Å². The number of aliphatic hydroxyl groups is 1. The van der Waals surface area contributed by atoms with Crippen LogP contribution in [0.15, 0.2) is 0 Å². The second-order valence-corrected chi connectivity index (χ2v) is 8.60. The van der Waals surface area contributed by atoms with Gasteiger partial charge in [-0.15, -0.1) is 0 Å². The summed E-state index contributed by atoms with van der Waals surface area (Å²) >= 11 is 0. The molecule has 28 heavy (non-hydrogen) atoms. The lowest BCUT2D eigenvalue weighted by atomic mass is 9.72. The molecule has 4 aliphatic rings. The molecule has 0 aliphatic carbocycles. The normalized spacial score (nSPS) is 31.9. The van der Waals surface area contributed by atoms with Crippen LogP contribution in [0.5, 0.6) is 0 Å². The summed E-state index contributed by atoms with van der Waals surface area (Å²) < 4.78 is 0. The van der Waals surface area contributed by atoms with Gasteiger partial charge in [-0.3, -0.25) is 9.59 Å². The predicted octanol–water partition coefficient (Wildman–Crippen LogP) is 0.269. The number of hydrogen-bond donors (Lipinski definition) is 2. The highest BCUT2D eigenvalue weighted by molar-refractivity contribution is 5.96. The van der Waals surface area contributed by atoms with Crippen molar-refractivity contribution in [3.05, 3.63) is 17.1 Å². The fourth-order valence-electron chi connectivity index (χ4n) is 5.83. The van der Waals surface area contributed by atoms with Gasteiger partial charge < -0.3 is 20.2 Å². The number of fused-ring (bicyclic) bond motifs is 5. The van der Waals surface area contributed by atoms with E-state index in [4.69, 9.17) is 4.98 Å². The van der Waals surface area contributed by atoms with E-state index in [-0.39, 0.29) is 36.4 Å². The molecule has 3 saturated heterocycles. The largest absolute Gasteiger partial charge is 0.394 e. The van der Waals surface area contributed by atoms with Crippen LogP contribution in [0, 0.1) is 18.8 Å². The Morgan fingerprint density at radius 2 is 2.00 bits per heavy atom. The number of hydrogen-bond acceptors (Lipinski definition) is 6. The van der Waals surface area contributed by atoms with Gasteiger partial charge in [0.1, 0.15) is 17.3 Å². The van der Waals surface area contributed by atoms with Crippen LogP contribution in [0.4, 0.5) is 5.82 Å². The minimum Gasteiger partial charge on any atom is -0.394 e. The van der Waals surface area contributed by atoms with Crippen LogP contribution in [0.25, 0.3) is 0 Å². The summed E-state index contributed by atoms with van der Waals surface area (Å²) in [6.45, 7) is 4.04. The number of aromatic nitrogens is 2. The second kappa shape index (κ2) is 6.69. The molecule has 0 unspecified atom stereocenters. The fraction of sp³-hybridized carbons (Fsp3) is 0.700. The van der Waals surface area contributed by atoms with E-state index in [1.54, 1.807) is 0 Å². The number of aryl methyl sites for hydroxylation is 1. The second-order valence-electron chi connectivity index (χ2n) is 8.60. The van der Waals surface area contributed by atoms with Crippen molar-refractivity contribution in [3.63, 3.8) is 0 Å². The first-order chi connectivity index (χ1) is 13.6. The third kappa shape index (κ3) is 2.69. The molecule has 4 atom stereocenters. The highest BCUT2D eigenvalue weighted by Gasteiger charge is 2.49. The highest BCUT2D eigenvalue weighted by Crippen LogP contribution is 2.43. The standard InChI is InChI=1S/C20H27N5O3/c1-11-22-18-14(5-6-21-20(18)28)19(23-11)24-8-12-7-13(9-24)16(10-26)25-15(12)3-2-4-17(25)27/h12-13,15-16,26H,2-10H2,1H3,(H,21,28)/t12-,13+,15+,16+/m1/s1. The molecule has 0 aromatic carbocycles. The molecular weight excluding hydrogens is 358 g/mol. The van der Waals surface area contributed by atoms with Crippen LogP contribution in [0.1, 0.15) is 47.6 Å². The Labute approximate surface area is 164 Å². The summed E-state index contributed by atoms with van der Waals surface area (Å²) in [5.74, 6) is 2.17. The third-order valence-corrected chi connectivity index (χ3v) is 6.96. The Kier molecular flexibility index (Phi) is 4.26. The fourth-order valence-corrected chi connectivity index (χ4v) is 5.83. The van der Waals surface area contributed by atoms with Crippen molar-refractivity contribution >= 4 is 17.6 Å². The van der Waals surface area contributed by atoms with E-state index in [1.807, 2.05) is 11.8 Å². The number of piperidine rings is 3. The zero-order chi connectivity index (χ0) is 19.4. The van der Waals surface area contributed by atoms with E-state index in [0.717, 1.165) is 50.2 Å². The smallest absolute Gasteiger partial charge is 0.270 e. The number of carbonyl (C=O) groups excluding carboxylic acids is 2. The molecular formula is C20H27N5O3. The van der Waals surface area contributed by atoms with Gasteiger partial charge in [0, 0.05) is 37.7 Å². The van der Waals surface area contributed by atoms with Crippen molar-refractivity contribution in [2.75, 3.05) is 31.1 Å². The summed E-state index contributed by atoms with van der Waals surface area (Å²) in [5.41, 5.74) is 1.43. The van der Waals surface area contributed by atoms with E-state index < -0.39 is 0 Å². The third-order valence-electron chi connectivity index (χ3n) is 6.96. The molecule has 8 nitrogen and oxygen atoms in total. The number of aliphatic hydroxyl groups excluding tert-OH is 1. The topological polar surface area (TPSA) is 98.7 Å². The van der Waals surface area contributed by atoms with Crippen LogP contribution >= 0.6 is 0 Å². The molecule has 2 bridgehead atoms. The number of amides is 2. The monoisotopic (exact) mass is 385 g/mol. The van der Waals surface area contributed by atoms with E-state index in [2.05, 4.69) is 15.2 Å². The molecule has 0 radical (unpaired) electrons. The minimum atomic E-state index is -0.123. The predicted molar refractivity (Wildman–Crippen MR) is 102 cm³/mol. The molecule has 4 aliphatic heterocycles. The van der Waals surface area contributed by atoms with Crippen LogP contribution < -0.4 is 10.2 Å². The average Bonchev–Trinajstić information content (AvgIpc) is 2.69. The van der Waals surface area contributed by atoms with E-state index in [9.17, 15) is 14.7 Å². The lowest BCUT2D eigenvalue weighted by Gasteiger charge is -2.56. The van der Waals surface area contributed by atoms with Gasteiger partial charge >= 0.3 is 0 Å². The maximum atomic E-state index is 12.6. The molecule has 8 heteroatoms. The van der Waals surface area contributed by atoms with Gasteiger partial charge in [0.05, 0.1) is 12.6 Å². The van der Waals surface area contributed by atoms with Gasteiger partial charge in [-0.25, -0.2) is 9.97 Å². The van der Waals surface area contributed by atoms with Crippen LogP contribution in [0.3, 0.4) is 0 Å². The van der Waals surface area contributed by atoms with E-state index in [1.165, 1.54) is 0 Å². The van der Waals surface area contributed by atoms with Gasteiger partial charge in [-0.1, -0.05) is 0 Å². The first-order valence-corrected chi connectivity index (χ1v) is 10.4. The Morgan fingerprint density at radius 1 is 1.18 bits per heavy atom. The Morgan fingerprint density at radius 3 is 2.82 bits per heavy atom. The van der Waals surface area contributed by atoms with Crippen molar-refractivity contribution in [3.8, 4) is 0 Å². The molecule has 3 fully saturated rings. The Bertz CT molecular complexity index is 814. The van der Waals surface area contributed by atoms with Crippen LogP contribution in [-0.4, -0.2) is 70.1 Å². The molecule has 1 aromatic heterocycles. The molecule has 2 amide bonds. The summed E-state index contributed by atoms with van der Waals surface area (Å²) in [5, 5.41) is 13.0. The van der Waals surface area contributed by atoms with Crippen molar-refractivity contribution in [1.82, 2.24) is 20.2 Å². The van der Waals surface area contributed by atoms with Gasteiger partial charge in [0.25, 0.3) is 5.91 Å². The zero-order valence-electron chi connectivity index (χ0n) is 16.2. The van der Waals surface area contributed by atoms with Gasteiger partial charge in [0.2, 0.25) is 5.91 Å². The summed E-state index contributed by atoms with van der Waals surface area (Å²) in [6, 6.07) is 0.0958. The highest BCUT2D eigenvalue weighted by atomic mass is 16.3. The number of carbonyl (C=O) groups is 2. The summed E-state index contributed by atoms with van der Waals surface area (Å²) in [4.78, 5) is 38.3. The quantitative estimate of drug-likeness (QED) is 0.758. The van der Waals surface area contributed by atoms with Crippen molar-refractivity contribution in [2.45, 2.75) is 51.1 Å². The Hall–Kier alpha value is -2.22. The van der Waals surface area contributed by atoms with Crippen molar-refractivity contribution in [2.24, 2.45) is 11.8 Å². The molecule has 1 aromatic rings. The van der Waals surface area contributed by atoms with Gasteiger partial charge in [-0.2, -0.15) is 0 Å². The molecule has 5 heterocycles. The zero-order valence-corrected chi connectivity index (χ0v) is 16.2. The molecule has 2 N–H and O–H groups in total. The van der Waals surface area contributed by atoms with Gasteiger partial charge in [0.15, 0.2) is 0 Å². The minimum absolute atomic E-state index is 0.0107. The molecule has 0 saturated carbocycles. The summed E-state index contributed by atoms with van der Waals surface area (Å²) in [7, 11) is 0. The SMILES string of the molecule is Cc1nc2c(c(N3C[C@H]4C[C@@H](C3)[C@H](CO)N3C(=O)CCC[C@@H]43)n1)CCNC2=O. The maximum Gasteiger partial charge on any atom is 0.270 e. The van der Waals surface area contributed by atoms with E-state index in [0.29, 0.717) is 30.4 Å². The Balaban J connectivity index is 1.51. The van der Waals surface area contributed by atoms with Crippen LogP contribution in [0.2, 0.25) is 0 Å². The van der Waals surface area contributed by atoms with Crippen LogP contribution in [-0.2, 0) is 11.2 Å². The van der Waals surface area contributed by atoms with E-state index >= 15 is 0 Å². The molecule has 5 rings (SSSR count). The first kappa shape index (κ1) is 17.8. The number of nitrogens with one attached hydrogen (secondary N) is 1. The number of rotatable bonds is 2. The summed E-state index contributed by atoms with van der Waals surface area (Å²) in [6.07, 6.45) is 4.32. The molecule has 0 spiro atoms. The maximum absolute atomic E-state index is 12.6. The van der Waals surface area contributed by atoms with Crippen molar-refractivity contribution < 1.29 is 14.7 Å². The number of nitrogens with zero attached hydrogens (tertiary/aromatic N) is 4. The lowest BCUT2D eigenvalue weighted by Crippen LogP contribution is -2.66. The van der Waals surface area contributed by atoms with Crippen molar-refractivity contribution in [1.29, 1.82) is 0 Å². The number of anilines is 1.